The summed E-state index contributed by atoms with van der Waals surface area (Å²) in [6.45, 7) is 3.67. The maximum Gasteiger partial charge on any atom is 0.289 e. The fraction of sp³-hybridized carbons (Fsp3) is 0.522. The van der Waals surface area contributed by atoms with Crippen LogP contribution in [0.5, 0.6) is 0 Å². The molecule has 2 aromatic rings. The van der Waals surface area contributed by atoms with E-state index in [0.717, 1.165) is 45.6 Å². The largest absolute Gasteiger partial charge is 0.391 e. The van der Waals surface area contributed by atoms with E-state index in [2.05, 4.69) is 32.3 Å². The number of aliphatic hydroxyl groups is 1. The molecule has 160 valence electrons. The number of hydrogen-bond donors (Lipinski definition) is 2. The number of morpholine rings is 1. The van der Waals surface area contributed by atoms with Crippen LogP contribution in [0.3, 0.4) is 0 Å². The fourth-order valence-corrected chi connectivity index (χ4v) is 4.80. The average molecular weight is 411 g/mol. The Morgan fingerprint density at radius 2 is 1.80 bits per heavy atom. The van der Waals surface area contributed by atoms with E-state index in [-0.39, 0.29) is 29.3 Å². The van der Waals surface area contributed by atoms with Crippen LogP contribution < -0.4 is 5.32 Å². The van der Waals surface area contributed by atoms with Crippen molar-refractivity contribution in [2.45, 2.75) is 43.2 Å². The molecule has 1 saturated carbocycles. The number of amides is 1. The summed E-state index contributed by atoms with van der Waals surface area (Å²) in [5, 5.41) is 14.0. The summed E-state index contributed by atoms with van der Waals surface area (Å²) < 4.78 is 5.49. The molecular formula is C23H30N4O3. The summed E-state index contributed by atoms with van der Waals surface area (Å²) >= 11 is 0. The highest BCUT2D eigenvalue weighted by Crippen LogP contribution is 2.39. The average Bonchev–Trinajstić information content (AvgIpc) is 2.99. The molecule has 0 spiro atoms. The molecule has 3 atom stereocenters. The smallest absolute Gasteiger partial charge is 0.289 e. The second-order valence-corrected chi connectivity index (χ2v) is 8.26. The molecule has 1 saturated heterocycles. The highest BCUT2D eigenvalue weighted by molar-refractivity contribution is 5.90. The van der Waals surface area contributed by atoms with Gasteiger partial charge in [0.1, 0.15) is 0 Å². The van der Waals surface area contributed by atoms with Crippen molar-refractivity contribution >= 4 is 5.91 Å². The van der Waals surface area contributed by atoms with Gasteiger partial charge in [-0.25, -0.2) is 9.97 Å². The molecule has 4 rings (SSSR count). The third kappa shape index (κ3) is 4.69. The first-order valence-corrected chi connectivity index (χ1v) is 10.8. The Hall–Kier alpha value is -2.35. The molecule has 1 aliphatic heterocycles. The molecule has 1 amide bonds. The van der Waals surface area contributed by atoms with Gasteiger partial charge < -0.3 is 15.2 Å². The Morgan fingerprint density at radius 3 is 2.53 bits per heavy atom. The standard InChI is InChI=1S/C23H30N4O3/c28-20-8-10-23(18-5-2-1-3-6-18,9-7-19(20)27-13-15-30-16-14-27)17-26-22(29)21-24-11-4-12-25-21/h1-6,11-12,19-20,28H,7-10,13-17H2,(H,26,29)/t19-,20-,23-/m1/s1. The first kappa shape index (κ1) is 20.9. The lowest BCUT2D eigenvalue weighted by atomic mass is 9.74. The summed E-state index contributed by atoms with van der Waals surface area (Å²) in [4.78, 5) is 23.1. The van der Waals surface area contributed by atoms with E-state index in [4.69, 9.17) is 4.74 Å². The molecule has 7 heteroatoms. The lowest BCUT2D eigenvalue weighted by molar-refractivity contribution is -0.0236. The molecule has 1 aromatic heterocycles. The number of nitrogens with zero attached hydrogens (tertiary/aromatic N) is 3. The number of aromatic nitrogens is 2. The predicted molar refractivity (Wildman–Crippen MR) is 113 cm³/mol. The van der Waals surface area contributed by atoms with Crippen molar-refractivity contribution in [1.82, 2.24) is 20.2 Å². The minimum absolute atomic E-state index is 0.132. The first-order valence-electron chi connectivity index (χ1n) is 10.8. The number of rotatable bonds is 5. The molecule has 30 heavy (non-hydrogen) atoms. The van der Waals surface area contributed by atoms with Crippen molar-refractivity contribution in [3.05, 3.63) is 60.2 Å². The molecule has 1 aromatic carbocycles. The van der Waals surface area contributed by atoms with Gasteiger partial charge >= 0.3 is 0 Å². The topological polar surface area (TPSA) is 87.6 Å². The van der Waals surface area contributed by atoms with Crippen LogP contribution in [0, 0.1) is 0 Å². The zero-order valence-corrected chi connectivity index (χ0v) is 17.2. The van der Waals surface area contributed by atoms with Crippen molar-refractivity contribution in [3.8, 4) is 0 Å². The number of carbonyl (C=O) groups excluding carboxylic acids is 1. The summed E-state index contributed by atoms with van der Waals surface area (Å²) in [6, 6.07) is 12.2. The monoisotopic (exact) mass is 410 g/mol. The molecule has 7 nitrogen and oxygen atoms in total. The Labute approximate surface area is 177 Å². The second kappa shape index (κ2) is 9.64. The minimum Gasteiger partial charge on any atom is -0.391 e. The normalized spacial score (nSPS) is 27.9. The van der Waals surface area contributed by atoms with Crippen molar-refractivity contribution < 1.29 is 14.6 Å². The minimum atomic E-state index is -0.373. The van der Waals surface area contributed by atoms with Crippen molar-refractivity contribution in [2.75, 3.05) is 32.8 Å². The maximum atomic E-state index is 12.6. The number of carbonyl (C=O) groups is 1. The van der Waals surface area contributed by atoms with Crippen LogP contribution >= 0.6 is 0 Å². The van der Waals surface area contributed by atoms with Gasteiger partial charge in [0, 0.05) is 43.5 Å². The van der Waals surface area contributed by atoms with Gasteiger partial charge in [0.05, 0.1) is 19.3 Å². The van der Waals surface area contributed by atoms with Crippen LogP contribution in [0.25, 0.3) is 0 Å². The SMILES string of the molecule is O=C(NC[C@]1(c2ccccc2)CC[C@@H](O)[C@H](N2CCOCC2)CC1)c1ncccn1. The number of benzene rings is 1. The van der Waals surface area contributed by atoms with E-state index in [0.29, 0.717) is 13.0 Å². The van der Waals surface area contributed by atoms with Crippen LogP contribution in [-0.2, 0) is 10.2 Å². The molecule has 2 heterocycles. The molecule has 0 unspecified atom stereocenters. The van der Waals surface area contributed by atoms with Crippen LogP contribution in [0.15, 0.2) is 48.8 Å². The van der Waals surface area contributed by atoms with Gasteiger partial charge in [-0.2, -0.15) is 0 Å². The maximum absolute atomic E-state index is 12.6. The van der Waals surface area contributed by atoms with E-state index in [1.54, 1.807) is 18.5 Å². The van der Waals surface area contributed by atoms with Gasteiger partial charge in [-0.1, -0.05) is 30.3 Å². The van der Waals surface area contributed by atoms with Crippen LogP contribution in [0.2, 0.25) is 0 Å². The van der Waals surface area contributed by atoms with E-state index in [9.17, 15) is 9.90 Å². The summed E-state index contributed by atoms with van der Waals surface area (Å²) in [6.07, 6.45) is 6.07. The Balaban J connectivity index is 1.53. The van der Waals surface area contributed by atoms with Gasteiger partial charge in [0.15, 0.2) is 0 Å². The van der Waals surface area contributed by atoms with Crippen LogP contribution in [0.4, 0.5) is 0 Å². The lowest BCUT2D eigenvalue weighted by Gasteiger charge is -2.37. The molecule has 0 bridgehead atoms. The van der Waals surface area contributed by atoms with Crippen LogP contribution in [-0.4, -0.2) is 70.9 Å². The van der Waals surface area contributed by atoms with Crippen LogP contribution in [0.1, 0.15) is 41.9 Å². The zero-order valence-electron chi connectivity index (χ0n) is 17.2. The lowest BCUT2D eigenvalue weighted by Crippen LogP contribution is -2.48. The molecule has 2 aliphatic rings. The third-order valence-corrected chi connectivity index (χ3v) is 6.54. The quantitative estimate of drug-likeness (QED) is 0.731. The second-order valence-electron chi connectivity index (χ2n) is 8.26. The Kier molecular flexibility index (Phi) is 6.72. The van der Waals surface area contributed by atoms with E-state index < -0.39 is 0 Å². The highest BCUT2D eigenvalue weighted by Gasteiger charge is 2.40. The Morgan fingerprint density at radius 1 is 1.10 bits per heavy atom. The Bertz CT molecular complexity index is 814. The fourth-order valence-electron chi connectivity index (χ4n) is 4.80. The van der Waals surface area contributed by atoms with Gasteiger partial charge in [-0.15, -0.1) is 0 Å². The van der Waals surface area contributed by atoms with Gasteiger partial charge in [0.25, 0.3) is 5.91 Å². The number of ether oxygens (including phenoxy) is 1. The zero-order chi connectivity index (χ0) is 20.8. The highest BCUT2D eigenvalue weighted by atomic mass is 16.5. The summed E-state index contributed by atoms with van der Waals surface area (Å²) in [7, 11) is 0. The van der Waals surface area contributed by atoms with Gasteiger partial charge in [-0.05, 0) is 37.3 Å². The number of nitrogens with one attached hydrogen (secondary N) is 1. The molecule has 2 N–H and O–H groups in total. The predicted octanol–water partition coefficient (Wildman–Crippen LogP) is 1.78. The molecular weight excluding hydrogens is 380 g/mol. The number of aliphatic hydroxyl groups excluding tert-OH is 1. The molecule has 0 radical (unpaired) electrons. The molecule has 2 fully saturated rings. The van der Waals surface area contributed by atoms with E-state index >= 15 is 0 Å². The molecule has 1 aliphatic carbocycles. The van der Waals surface area contributed by atoms with Gasteiger partial charge in [-0.3, -0.25) is 9.69 Å². The first-order chi connectivity index (χ1) is 14.7. The van der Waals surface area contributed by atoms with E-state index in [1.807, 2.05) is 18.2 Å². The van der Waals surface area contributed by atoms with Crippen molar-refractivity contribution in [1.29, 1.82) is 0 Å². The summed E-state index contributed by atoms with van der Waals surface area (Å²) in [5.41, 5.74) is 0.974. The van der Waals surface area contributed by atoms with Crippen molar-refractivity contribution in [3.63, 3.8) is 0 Å². The summed E-state index contributed by atoms with van der Waals surface area (Å²) in [5.74, 6) is -0.0824. The van der Waals surface area contributed by atoms with Gasteiger partial charge in [0.2, 0.25) is 5.82 Å². The van der Waals surface area contributed by atoms with Crippen molar-refractivity contribution in [2.24, 2.45) is 0 Å². The van der Waals surface area contributed by atoms with E-state index in [1.165, 1.54) is 5.56 Å². The third-order valence-electron chi connectivity index (χ3n) is 6.54. The number of hydrogen-bond acceptors (Lipinski definition) is 6.